The van der Waals surface area contributed by atoms with E-state index in [1.165, 1.54) is 0 Å². The molecule has 1 amide bonds. The quantitative estimate of drug-likeness (QED) is 0.717. The fourth-order valence-corrected chi connectivity index (χ4v) is 2.36. The summed E-state index contributed by atoms with van der Waals surface area (Å²) in [4.78, 5) is 25.8. The molecule has 1 unspecified atom stereocenters. The Hall–Kier alpha value is -1.06. The van der Waals surface area contributed by atoms with Crippen molar-refractivity contribution in [3.8, 4) is 0 Å². The molecule has 1 aliphatic rings. The van der Waals surface area contributed by atoms with Crippen molar-refractivity contribution in [2.45, 2.75) is 77.9 Å². The van der Waals surface area contributed by atoms with Crippen LogP contribution in [0.15, 0.2) is 0 Å². The molecule has 0 aliphatic carbocycles. The van der Waals surface area contributed by atoms with Crippen molar-refractivity contribution < 1.29 is 14.3 Å². The molecule has 0 N–H and O–H groups in total. The average molecular weight is 269 g/mol. The third-order valence-corrected chi connectivity index (χ3v) is 3.28. The standard InChI is InChI=1S/C15H27NO3/c1-5-6-7-10-13(17)12-9-8-11-16(12)14(18)19-15(2,3)4/h12H,5-11H2,1-4H3. The summed E-state index contributed by atoms with van der Waals surface area (Å²) in [6.07, 6.45) is 5.01. The fourth-order valence-electron chi connectivity index (χ4n) is 2.36. The molecule has 1 atom stereocenters. The van der Waals surface area contributed by atoms with Gasteiger partial charge in [0.1, 0.15) is 5.60 Å². The lowest BCUT2D eigenvalue weighted by molar-refractivity contribution is -0.123. The summed E-state index contributed by atoms with van der Waals surface area (Å²) in [7, 11) is 0. The van der Waals surface area contributed by atoms with Crippen molar-refractivity contribution in [1.29, 1.82) is 0 Å². The molecule has 0 saturated carbocycles. The Morgan fingerprint density at radius 2 is 1.95 bits per heavy atom. The Labute approximate surface area is 116 Å². The number of hydrogen-bond donors (Lipinski definition) is 0. The molecule has 0 spiro atoms. The molecule has 110 valence electrons. The van der Waals surface area contributed by atoms with Crippen LogP contribution in [0.5, 0.6) is 0 Å². The van der Waals surface area contributed by atoms with E-state index in [0.29, 0.717) is 13.0 Å². The van der Waals surface area contributed by atoms with E-state index < -0.39 is 5.60 Å². The molecule has 0 aromatic heterocycles. The lowest BCUT2D eigenvalue weighted by Crippen LogP contribution is -2.43. The first-order valence-corrected chi connectivity index (χ1v) is 7.37. The second-order valence-electron chi connectivity index (χ2n) is 6.26. The second-order valence-corrected chi connectivity index (χ2v) is 6.26. The zero-order valence-electron chi connectivity index (χ0n) is 12.7. The number of carbonyl (C=O) groups excluding carboxylic acids is 2. The Balaban J connectivity index is 2.53. The third-order valence-electron chi connectivity index (χ3n) is 3.28. The van der Waals surface area contributed by atoms with Crippen LogP contribution >= 0.6 is 0 Å². The van der Waals surface area contributed by atoms with Gasteiger partial charge >= 0.3 is 6.09 Å². The van der Waals surface area contributed by atoms with Gasteiger partial charge in [-0.15, -0.1) is 0 Å². The van der Waals surface area contributed by atoms with E-state index in [4.69, 9.17) is 4.74 Å². The van der Waals surface area contributed by atoms with Gasteiger partial charge < -0.3 is 4.74 Å². The molecule has 1 rings (SSSR count). The number of ketones is 1. The maximum Gasteiger partial charge on any atom is 0.410 e. The molecule has 1 heterocycles. The van der Waals surface area contributed by atoms with Crippen LogP contribution in [0.1, 0.15) is 66.2 Å². The predicted molar refractivity (Wildman–Crippen MR) is 75.1 cm³/mol. The molecular formula is C15H27NO3. The normalized spacial score (nSPS) is 19.6. The number of carbonyl (C=O) groups is 2. The van der Waals surface area contributed by atoms with Crippen LogP contribution in [0.3, 0.4) is 0 Å². The highest BCUT2D eigenvalue weighted by atomic mass is 16.6. The lowest BCUT2D eigenvalue weighted by atomic mass is 10.0. The van der Waals surface area contributed by atoms with E-state index in [1.54, 1.807) is 4.90 Å². The summed E-state index contributed by atoms with van der Waals surface area (Å²) < 4.78 is 5.36. The van der Waals surface area contributed by atoms with Crippen molar-refractivity contribution in [3.05, 3.63) is 0 Å². The van der Waals surface area contributed by atoms with Gasteiger partial charge in [0.25, 0.3) is 0 Å². The number of rotatable bonds is 5. The number of unbranched alkanes of at least 4 members (excludes halogenated alkanes) is 2. The molecular weight excluding hydrogens is 242 g/mol. The van der Waals surface area contributed by atoms with Crippen LogP contribution in [0, 0.1) is 0 Å². The van der Waals surface area contributed by atoms with Crippen molar-refractivity contribution >= 4 is 11.9 Å². The van der Waals surface area contributed by atoms with Crippen molar-refractivity contribution in [2.75, 3.05) is 6.54 Å². The number of hydrogen-bond acceptors (Lipinski definition) is 3. The first kappa shape index (κ1) is 16.0. The molecule has 1 fully saturated rings. The van der Waals surface area contributed by atoms with Crippen LogP contribution in [0.25, 0.3) is 0 Å². The van der Waals surface area contributed by atoms with Crippen LogP contribution in [0.2, 0.25) is 0 Å². The van der Waals surface area contributed by atoms with Gasteiger partial charge in [-0.25, -0.2) is 4.79 Å². The molecule has 1 aliphatic heterocycles. The number of ether oxygens (including phenoxy) is 1. The Morgan fingerprint density at radius 1 is 1.26 bits per heavy atom. The SMILES string of the molecule is CCCCCC(=O)C1CCCN1C(=O)OC(C)(C)C. The summed E-state index contributed by atoms with van der Waals surface area (Å²) in [5, 5.41) is 0. The number of nitrogens with zero attached hydrogens (tertiary/aromatic N) is 1. The van der Waals surface area contributed by atoms with Crippen LogP contribution in [-0.4, -0.2) is 35.0 Å². The van der Waals surface area contributed by atoms with E-state index in [9.17, 15) is 9.59 Å². The topological polar surface area (TPSA) is 46.6 Å². The van der Waals surface area contributed by atoms with Crippen LogP contribution < -0.4 is 0 Å². The minimum atomic E-state index is -0.504. The maximum atomic E-state index is 12.2. The number of likely N-dealkylation sites (tertiary alicyclic amines) is 1. The molecule has 0 aromatic rings. The number of amides is 1. The highest BCUT2D eigenvalue weighted by molar-refractivity contribution is 5.87. The van der Waals surface area contributed by atoms with E-state index >= 15 is 0 Å². The molecule has 1 saturated heterocycles. The van der Waals surface area contributed by atoms with E-state index in [1.807, 2.05) is 20.8 Å². The number of Topliss-reactive ketones (excluding diaryl/α,β-unsaturated/α-hetero) is 1. The van der Waals surface area contributed by atoms with Gasteiger partial charge in [0, 0.05) is 13.0 Å². The largest absolute Gasteiger partial charge is 0.444 e. The van der Waals surface area contributed by atoms with Gasteiger partial charge in [0.2, 0.25) is 0 Å². The Kier molecular flexibility index (Phi) is 5.83. The van der Waals surface area contributed by atoms with E-state index in [-0.39, 0.29) is 17.9 Å². The van der Waals surface area contributed by atoms with Gasteiger partial charge in [-0.2, -0.15) is 0 Å². The summed E-state index contributed by atoms with van der Waals surface area (Å²) in [5.74, 6) is 0.191. The summed E-state index contributed by atoms with van der Waals surface area (Å²) in [6.45, 7) is 8.29. The fraction of sp³-hybridized carbons (Fsp3) is 0.867. The Morgan fingerprint density at radius 3 is 2.53 bits per heavy atom. The predicted octanol–water partition coefficient (Wildman–Crippen LogP) is 3.54. The minimum absolute atomic E-state index is 0.191. The van der Waals surface area contributed by atoms with Crippen molar-refractivity contribution in [1.82, 2.24) is 4.90 Å². The molecule has 4 nitrogen and oxygen atoms in total. The molecule has 0 radical (unpaired) electrons. The molecule has 19 heavy (non-hydrogen) atoms. The summed E-state index contributed by atoms with van der Waals surface area (Å²) in [5.41, 5.74) is -0.504. The van der Waals surface area contributed by atoms with Crippen molar-refractivity contribution in [3.63, 3.8) is 0 Å². The second kappa shape index (κ2) is 6.92. The summed E-state index contributed by atoms with van der Waals surface area (Å²) >= 11 is 0. The highest BCUT2D eigenvalue weighted by Crippen LogP contribution is 2.23. The first-order chi connectivity index (χ1) is 8.85. The van der Waals surface area contributed by atoms with Crippen LogP contribution in [-0.2, 0) is 9.53 Å². The molecule has 0 aromatic carbocycles. The van der Waals surface area contributed by atoms with E-state index in [0.717, 1.165) is 32.1 Å². The summed E-state index contributed by atoms with van der Waals surface area (Å²) in [6, 6.07) is -0.258. The smallest absolute Gasteiger partial charge is 0.410 e. The monoisotopic (exact) mass is 269 g/mol. The zero-order chi connectivity index (χ0) is 14.5. The van der Waals surface area contributed by atoms with Gasteiger partial charge in [0.15, 0.2) is 5.78 Å². The van der Waals surface area contributed by atoms with Crippen LogP contribution in [0.4, 0.5) is 4.79 Å². The van der Waals surface area contributed by atoms with Gasteiger partial charge in [-0.05, 0) is 40.0 Å². The van der Waals surface area contributed by atoms with Crippen molar-refractivity contribution in [2.24, 2.45) is 0 Å². The third kappa shape index (κ3) is 5.21. The average Bonchev–Trinajstić information content (AvgIpc) is 2.75. The van der Waals surface area contributed by atoms with Gasteiger partial charge in [0.05, 0.1) is 6.04 Å². The lowest BCUT2D eigenvalue weighted by Gasteiger charge is -2.28. The van der Waals surface area contributed by atoms with E-state index in [2.05, 4.69) is 6.92 Å². The van der Waals surface area contributed by atoms with Gasteiger partial charge in [-0.3, -0.25) is 9.69 Å². The maximum absolute atomic E-state index is 12.2. The zero-order valence-corrected chi connectivity index (χ0v) is 12.7. The molecule has 4 heteroatoms. The Bertz CT molecular complexity index is 320. The highest BCUT2D eigenvalue weighted by Gasteiger charge is 2.35. The van der Waals surface area contributed by atoms with Gasteiger partial charge in [-0.1, -0.05) is 19.8 Å². The first-order valence-electron chi connectivity index (χ1n) is 7.37. The minimum Gasteiger partial charge on any atom is -0.444 e. The molecule has 0 bridgehead atoms.